The lowest BCUT2D eigenvalue weighted by molar-refractivity contribution is -0.140. The van der Waals surface area contributed by atoms with Gasteiger partial charge >= 0.3 is 5.97 Å². The summed E-state index contributed by atoms with van der Waals surface area (Å²) >= 11 is 7.85. The van der Waals surface area contributed by atoms with Crippen molar-refractivity contribution in [2.24, 2.45) is 0 Å². The van der Waals surface area contributed by atoms with Crippen LogP contribution in [0.5, 0.6) is 0 Å². The summed E-state index contributed by atoms with van der Waals surface area (Å²) in [6, 6.07) is 11.8. The van der Waals surface area contributed by atoms with Gasteiger partial charge in [0.25, 0.3) is 0 Å². The number of rotatable bonds is 8. The van der Waals surface area contributed by atoms with Crippen LogP contribution in [0.4, 0.5) is 0 Å². The number of halogens is 1. The van der Waals surface area contributed by atoms with Gasteiger partial charge in [-0.2, -0.15) is 0 Å². The number of pyridine rings is 1. The van der Waals surface area contributed by atoms with E-state index in [1.165, 1.54) is 6.92 Å². The van der Waals surface area contributed by atoms with Crippen LogP contribution in [0.15, 0.2) is 58.7 Å². The molecule has 1 aromatic carbocycles. The van der Waals surface area contributed by atoms with E-state index in [2.05, 4.69) is 23.4 Å². The van der Waals surface area contributed by atoms with Crippen LogP contribution in [0.25, 0.3) is 0 Å². The number of benzene rings is 1. The van der Waals surface area contributed by atoms with Gasteiger partial charge in [0.1, 0.15) is 10.9 Å². The van der Waals surface area contributed by atoms with Crippen molar-refractivity contribution in [3.05, 3.63) is 70.9 Å². The molecule has 3 aromatic rings. The van der Waals surface area contributed by atoms with Crippen molar-refractivity contribution in [3.8, 4) is 0 Å². The van der Waals surface area contributed by atoms with E-state index in [0.29, 0.717) is 24.6 Å². The molecule has 0 N–H and O–H groups in total. The van der Waals surface area contributed by atoms with Crippen LogP contribution >= 0.6 is 23.4 Å². The molecule has 0 saturated heterocycles. The Labute approximate surface area is 180 Å². The lowest BCUT2D eigenvalue weighted by Crippen LogP contribution is -2.11. The SMILES string of the molecule is CC(=O)OCCc1nc(C(C)C)c(Sc2cccc(Cl)c2)n1Cc1ccncc1. The molecule has 0 saturated carbocycles. The zero-order valence-corrected chi connectivity index (χ0v) is 18.3. The molecule has 0 aliphatic heterocycles. The summed E-state index contributed by atoms with van der Waals surface area (Å²) in [6.45, 7) is 6.67. The summed E-state index contributed by atoms with van der Waals surface area (Å²) in [5, 5.41) is 1.79. The van der Waals surface area contributed by atoms with E-state index in [1.54, 1.807) is 24.2 Å². The van der Waals surface area contributed by atoms with E-state index in [0.717, 1.165) is 27.0 Å². The smallest absolute Gasteiger partial charge is 0.302 e. The van der Waals surface area contributed by atoms with E-state index in [9.17, 15) is 4.79 Å². The minimum atomic E-state index is -0.283. The Bertz CT molecular complexity index is 973. The highest BCUT2D eigenvalue weighted by Gasteiger charge is 2.21. The number of esters is 1. The maximum Gasteiger partial charge on any atom is 0.302 e. The molecular weight excluding hydrogens is 406 g/mol. The molecule has 0 amide bonds. The number of hydrogen-bond acceptors (Lipinski definition) is 5. The van der Waals surface area contributed by atoms with Crippen molar-refractivity contribution in [2.45, 2.75) is 49.6 Å². The summed E-state index contributed by atoms with van der Waals surface area (Å²) < 4.78 is 7.38. The van der Waals surface area contributed by atoms with Crippen molar-refractivity contribution in [3.63, 3.8) is 0 Å². The van der Waals surface area contributed by atoms with Gasteiger partial charge in [-0.15, -0.1) is 0 Å². The second-order valence-electron chi connectivity index (χ2n) is 6.96. The fourth-order valence-electron chi connectivity index (χ4n) is 2.94. The summed E-state index contributed by atoms with van der Waals surface area (Å²) in [5.41, 5.74) is 2.16. The lowest BCUT2D eigenvalue weighted by atomic mass is 10.1. The topological polar surface area (TPSA) is 57.0 Å². The fourth-order valence-corrected chi connectivity index (χ4v) is 4.42. The van der Waals surface area contributed by atoms with E-state index < -0.39 is 0 Å². The largest absolute Gasteiger partial charge is 0.465 e. The average molecular weight is 430 g/mol. The van der Waals surface area contributed by atoms with Crippen molar-refractivity contribution >= 4 is 29.3 Å². The second kappa shape index (κ2) is 9.94. The molecule has 2 heterocycles. The van der Waals surface area contributed by atoms with Crippen molar-refractivity contribution < 1.29 is 9.53 Å². The van der Waals surface area contributed by atoms with Gasteiger partial charge in [0.2, 0.25) is 0 Å². The Morgan fingerprint density at radius 2 is 2.00 bits per heavy atom. The van der Waals surface area contributed by atoms with Gasteiger partial charge in [-0.3, -0.25) is 9.78 Å². The van der Waals surface area contributed by atoms with Crippen LogP contribution in [-0.4, -0.2) is 27.1 Å². The summed E-state index contributed by atoms with van der Waals surface area (Å²) in [5.74, 6) is 0.869. The van der Waals surface area contributed by atoms with Crippen LogP contribution in [0.2, 0.25) is 5.02 Å². The first kappa shape index (κ1) is 21.4. The number of aromatic nitrogens is 3. The quantitative estimate of drug-likeness (QED) is 0.451. The number of carbonyl (C=O) groups is 1. The molecule has 0 atom stereocenters. The molecule has 0 spiro atoms. The monoisotopic (exact) mass is 429 g/mol. The third-order valence-electron chi connectivity index (χ3n) is 4.30. The maximum atomic E-state index is 11.2. The van der Waals surface area contributed by atoms with Gasteiger partial charge in [-0.25, -0.2) is 4.98 Å². The Balaban J connectivity index is 2.01. The van der Waals surface area contributed by atoms with Crippen LogP contribution < -0.4 is 0 Å². The van der Waals surface area contributed by atoms with E-state index in [1.807, 2.05) is 36.4 Å². The van der Waals surface area contributed by atoms with Gasteiger partial charge in [0, 0.05) is 42.2 Å². The Morgan fingerprint density at radius 3 is 2.66 bits per heavy atom. The van der Waals surface area contributed by atoms with E-state index in [4.69, 9.17) is 21.3 Å². The van der Waals surface area contributed by atoms with E-state index in [-0.39, 0.29) is 11.9 Å². The number of ether oxygens (including phenoxy) is 1. The Hall–Kier alpha value is -2.31. The zero-order valence-electron chi connectivity index (χ0n) is 16.8. The Kier molecular flexibility index (Phi) is 7.34. The molecule has 0 radical (unpaired) electrons. The van der Waals surface area contributed by atoms with Crippen molar-refractivity contribution in [1.82, 2.24) is 14.5 Å². The van der Waals surface area contributed by atoms with E-state index >= 15 is 0 Å². The van der Waals surface area contributed by atoms with Gasteiger partial charge in [-0.1, -0.05) is 43.3 Å². The predicted octanol–water partition coefficient (Wildman–Crippen LogP) is 5.36. The molecule has 0 fully saturated rings. The van der Waals surface area contributed by atoms with Gasteiger partial charge in [-0.05, 0) is 41.8 Å². The van der Waals surface area contributed by atoms with Gasteiger partial charge in [0.05, 0.1) is 12.3 Å². The normalized spacial score (nSPS) is 11.1. The van der Waals surface area contributed by atoms with Crippen LogP contribution in [0, 0.1) is 0 Å². The number of carbonyl (C=O) groups excluding carboxylic acids is 1. The minimum Gasteiger partial charge on any atom is -0.465 e. The molecule has 0 bridgehead atoms. The number of hydrogen-bond donors (Lipinski definition) is 0. The summed E-state index contributed by atoms with van der Waals surface area (Å²) in [4.78, 5) is 21.3. The lowest BCUT2D eigenvalue weighted by Gasteiger charge is -2.14. The summed E-state index contributed by atoms with van der Waals surface area (Å²) in [6.07, 6.45) is 4.14. The molecule has 3 rings (SSSR count). The molecule has 2 aromatic heterocycles. The highest BCUT2D eigenvalue weighted by molar-refractivity contribution is 7.99. The first-order chi connectivity index (χ1) is 13.9. The molecule has 5 nitrogen and oxygen atoms in total. The Morgan fingerprint density at radius 1 is 1.24 bits per heavy atom. The van der Waals surface area contributed by atoms with Crippen LogP contribution in [0.1, 0.15) is 43.8 Å². The first-order valence-corrected chi connectivity index (χ1v) is 10.7. The maximum absolute atomic E-state index is 11.2. The zero-order chi connectivity index (χ0) is 20.8. The van der Waals surface area contributed by atoms with Crippen molar-refractivity contribution in [2.75, 3.05) is 6.61 Å². The average Bonchev–Trinajstić information content (AvgIpc) is 3.00. The van der Waals surface area contributed by atoms with Crippen LogP contribution in [-0.2, 0) is 22.5 Å². The molecule has 0 aliphatic rings. The standard InChI is InChI=1S/C22H24ClN3O2S/c1-15(2)21-22(29-19-6-4-5-18(23)13-19)26(14-17-7-10-24-11-8-17)20(25-21)9-12-28-16(3)27/h4-8,10-11,13,15H,9,12,14H2,1-3H3. The second-order valence-corrected chi connectivity index (χ2v) is 8.46. The molecule has 0 unspecified atom stereocenters. The highest BCUT2D eigenvalue weighted by Crippen LogP contribution is 2.36. The van der Waals surface area contributed by atoms with Crippen molar-refractivity contribution in [1.29, 1.82) is 0 Å². The third-order valence-corrected chi connectivity index (χ3v) is 5.65. The first-order valence-electron chi connectivity index (χ1n) is 9.49. The highest BCUT2D eigenvalue weighted by atomic mass is 35.5. The van der Waals surface area contributed by atoms with Gasteiger partial charge < -0.3 is 9.30 Å². The molecule has 29 heavy (non-hydrogen) atoms. The predicted molar refractivity (Wildman–Crippen MR) is 116 cm³/mol. The fraction of sp³-hybridized carbons (Fsp3) is 0.318. The number of nitrogens with zero attached hydrogens (tertiary/aromatic N) is 3. The third kappa shape index (κ3) is 5.84. The number of imidazole rings is 1. The summed E-state index contributed by atoms with van der Waals surface area (Å²) in [7, 11) is 0. The van der Waals surface area contributed by atoms with Crippen LogP contribution in [0.3, 0.4) is 0 Å². The minimum absolute atomic E-state index is 0.253. The molecule has 7 heteroatoms. The molecular formula is C22H24ClN3O2S. The van der Waals surface area contributed by atoms with Gasteiger partial charge in [0.15, 0.2) is 0 Å². The molecule has 152 valence electrons. The molecule has 0 aliphatic carbocycles.